The Morgan fingerprint density at radius 3 is 2.48 bits per heavy atom. The lowest BCUT2D eigenvalue weighted by molar-refractivity contribution is -0.140. The zero-order valence-electron chi connectivity index (χ0n) is 14.2. The molecule has 1 aliphatic carbocycles. The molecule has 1 aromatic rings. The van der Waals surface area contributed by atoms with E-state index in [1.165, 1.54) is 12.7 Å². The van der Waals surface area contributed by atoms with Gasteiger partial charge < -0.3 is 14.6 Å². The van der Waals surface area contributed by atoms with E-state index in [0.29, 0.717) is 13.0 Å². The summed E-state index contributed by atoms with van der Waals surface area (Å²) in [4.78, 5) is 11.1. The number of ether oxygens (including phenoxy) is 2. The summed E-state index contributed by atoms with van der Waals surface area (Å²) in [6.45, 7) is 0.654. The second-order valence-electron chi connectivity index (χ2n) is 6.33. The smallest absolute Gasteiger partial charge is 0.305 e. The molecule has 1 N–H and O–H groups in total. The molecule has 4 nitrogen and oxygen atoms in total. The van der Waals surface area contributed by atoms with Gasteiger partial charge in [-0.2, -0.15) is 0 Å². The summed E-state index contributed by atoms with van der Waals surface area (Å²) in [6, 6.07) is 8.15. The van der Waals surface area contributed by atoms with Gasteiger partial charge in [0.1, 0.15) is 0 Å². The van der Waals surface area contributed by atoms with Gasteiger partial charge in [0, 0.05) is 19.4 Å². The number of methoxy groups -OCH3 is 2. The van der Waals surface area contributed by atoms with Gasteiger partial charge in [0.25, 0.3) is 0 Å². The number of rotatable bonds is 9. The molecule has 0 saturated carbocycles. The fourth-order valence-electron chi connectivity index (χ4n) is 3.66. The highest BCUT2D eigenvalue weighted by Gasteiger charge is 2.38. The van der Waals surface area contributed by atoms with Gasteiger partial charge in [0.2, 0.25) is 0 Å². The van der Waals surface area contributed by atoms with Crippen LogP contribution in [0.5, 0.6) is 0 Å². The third-order valence-electron chi connectivity index (χ3n) is 4.88. The summed E-state index contributed by atoms with van der Waals surface area (Å²) in [5.41, 5.74) is 2.29. The Labute approximate surface area is 138 Å². The van der Waals surface area contributed by atoms with Gasteiger partial charge in [-0.05, 0) is 29.9 Å². The lowest BCUT2D eigenvalue weighted by atomic mass is 9.87. The number of hydrogen-bond acceptors (Lipinski definition) is 4. The normalized spacial score (nSPS) is 22.8. The SMILES string of the molecule is COCC1c2ccccc2C(O)C1CCCCCCC(=O)OC. The van der Waals surface area contributed by atoms with Crippen LogP contribution in [0.4, 0.5) is 0 Å². The Hall–Kier alpha value is -1.39. The zero-order valence-corrected chi connectivity index (χ0v) is 14.2. The first-order valence-corrected chi connectivity index (χ1v) is 8.51. The molecule has 0 spiro atoms. The van der Waals surface area contributed by atoms with E-state index in [0.717, 1.165) is 37.7 Å². The average Bonchev–Trinajstić information content (AvgIpc) is 2.84. The first-order chi connectivity index (χ1) is 11.2. The number of aliphatic hydroxyl groups is 1. The second kappa shape index (κ2) is 9.04. The molecule has 0 amide bonds. The number of carbonyl (C=O) groups excluding carboxylic acids is 1. The molecule has 0 saturated heterocycles. The molecule has 0 aromatic heterocycles. The van der Waals surface area contributed by atoms with Crippen molar-refractivity contribution >= 4 is 5.97 Å². The monoisotopic (exact) mass is 320 g/mol. The van der Waals surface area contributed by atoms with E-state index in [9.17, 15) is 9.90 Å². The van der Waals surface area contributed by atoms with Gasteiger partial charge in [-0.25, -0.2) is 0 Å². The van der Waals surface area contributed by atoms with Crippen molar-refractivity contribution in [3.05, 3.63) is 35.4 Å². The number of benzene rings is 1. The van der Waals surface area contributed by atoms with Crippen molar-refractivity contribution in [3.63, 3.8) is 0 Å². The molecule has 128 valence electrons. The molecule has 0 heterocycles. The highest BCUT2D eigenvalue weighted by Crippen LogP contribution is 2.47. The molecule has 23 heavy (non-hydrogen) atoms. The summed E-state index contributed by atoms with van der Waals surface area (Å²) in [5, 5.41) is 10.6. The molecule has 3 atom stereocenters. The molecule has 0 bridgehead atoms. The van der Waals surface area contributed by atoms with Crippen LogP contribution in [0.1, 0.15) is 61.7 Å². The van der Waals surface area contributed by atoms with Crippen LogP contribution in [0.15, 0.2) is 24.3 Å². The molecular formula is C19H28O4. The number of carbonyl (C=O) groups is 1. The molecule has 1 aromatic carbocycles. The molecule has 0 fully saturated rings. The number of hydrogen-bond donors (Lipinski definition) is 1. The molecule has 1 aliphatic rings. The van der Waals surface area contributed by atoms with Crippen LogP contribution in [0.25, 0.3) is 0 Å². The van der Waals surface area contributed by atoms with Gasteiger partial charge in [0.05, 0.1) is 19.8 Å². The third kappa shape index (κ3) is 4.55. The Kier molecular flexibility index (Phi) is 7.06. The van der Waals surface area contributed by atoms with E-state index in [2.05, 4.69) is 10.8 Å². The van der Waals surface area contributed by atoms with Gasteiger partial charge in [0.15, 0.2) is 0 Å². The fraction of sp³-hybridized carbons (Fsp3) is 0.632. The maximum absolute atomic E-state index is 11.1. The maximum Gasteiger partial charge on any atom is 0.305 e. The van der Waals surface area contributed by atoms with E-state index in [4.69, 9.17) is 4.74 Å². The Balaban J connectivity index is 1.81. The topological polar surface area (TPSA) is 55.8 Å². The second-order valence-corrected chi connectivity index (χ2v) is 6.33. The first kappa shape index (κ1) is 18.0. The molecular weight excluding hydrogens is 292 g/mol. The molecule has 0 radical (unpaired) electrons. The average molecular weight is 320 g/mol. The summed E-state index contributed by atoms with van der Waals surface area (Å²) in [6.07, 6.45) is 5.15. The van der Waals surface area contributed by atoms with Crippen LogP contribution < -0.4 is 0 Å². The van der Waals surface area contributed by atoms with Crippen LogP contribution in [-0.4, -0.2) is 31.9 Å². The minimum absolute atomic E-state index is 0.133. The van der Waals surface area contributed by atoms with Crippen molar-refractivity contribution in [2.24, 2.45) is 5.92 Å². The van der Waals surface area contributed by atoms with Crippen LogP contribution in [-0.2, 0) is 14.3 Å². The van der Waals surface area contributed by atoms with Crippen LogP contribution in [0.2, 0.25) is 0 Å². The largest absolute Gasteiger partial charge is 0.469 e. The van der Waals surface area contributed by atoms with Crippen molar-refractivity contribution in [2.45, 2.75) is 50.5 Å². The van der Waals surface area contributed by atoms with E-state index in [-0.39, 0.29) is 23.9 Å². The van der Waals surface area contributed by atoms with Gasteiger partial charge >= 0.3 is 5.97 Å². The van der Waals surface area contributed by atoms with Crippen LogP contribution in [0, 0.1) is 5.92 Å². The van der Waals surface area contributed by atoms with Crippen molar-refractivity contribution in [3.8, 4) is 0 Å². The Morgan fingerprint density at radius 1 is 1.09 bits per heavy atom. The quantitative estimate of drug-likeness (QED) is 0.558. The molecule has 3 unspecified atom stereocenters. The molecule has 4 heteroatoms. The Morgan fingerprint density at radius 2 is 1.78 bits per heavy atom. The number of esters is 1. The highest BCUT2D eigenvalue weighted by molar-refractivity contribution is 5.68. The van der Waals surface area contributed by atoms with E-state index >= 15 is 0 Å². The van der Waals surface area contributed by atoms with Gasteiger partial charge in [-0.15, -0.1) is 0 Å². The molecule has 2 rings (SSSR count). The number of unbranched alkanes of at least 4 members (excludes halogenated alkanes) is 3. The van der Waals surface area contributed by atoms with Crippen molar-refractivity contribution in [1.29, 1.82) is 0 Å². The number of aliphatic hydroxyl groups excluding tert-OH is 1. The standard InChI is InChI=1S/C19H28O4/c1-22-13-17-14-9-7-8-11-15(14)19(21)16(17)10-5-3-4-6-12-18(20)23-2/h7-9,11,16-17,19,21H,3-6,10,12-13H2,1-2H3. The minimum Gasteiger partial charge on any atom is -0.469 e. The molecule has 0 aliphatic heterocycles. The zero-order chi connectivity index (χ0) is 16.7. The summed E-state index contributed by atoms with van der Waals surface area (Å²) in [5.74, 6) is 0.376. The predicted octanol–water partition coefficient (Wildman–Crippen LogP) is 3.59. The van der Waals surface area contributed by atoms with Crippen LogP contribution >= 0.6 is 0 Å². The maximum atomic E-state index is 11.1. The first-order valence-electron chi connectivity index (χ1n) is 8.51. The van der Waals surface area contributed by atoms with Gasteiger partial charge in [-0.3, -0.25) is 4.79 Å². The fourth-order valence-corrected chi connectivity index (χ4v) is 3.66. The lowest BCUT2D eigenvalue weighted by Crippen LogP contribution is -2.16. The minimum atomic E-state index is -0.388. The Bertz CT molecular complexity index is 500. The lowest BCUT2D eigenvalue weighted by Gasteiger charge is -2.22. The van der Waals surface area contributed by atoms with Crippen LogP contribution in [0.3, 0.4) is 0 Å². The summed E-state index contributed by atoms with van der Waals surface area (Å²) >= 11 is 0. The summed E-state index contributed by atoms with van der Waals surface area (Å²) < 4.78 is 10.0. The number of fused-ring (bicyclic) bond motifs is 1. The van der Waals surface area contributed by atoms with Gasteiger partial charge in [-0.1, -0.05) is 43.5 Å². The van der Waals surface area contributed by atoms with Crippen molar-refractivity contribution in [1.82, 2.24) is 0 Å². The van der Waals surface area contributed by atoms with Crippen molar-refractivity contribution < 1.29 is 19.4 Å². The third-order valence-corrected chi connectivity index (χ3v) is 4.88. The van der Waals surface area contributed by atoms with Crippen molar-refractivity contribution in [2.75, 3.05) is 20.8 Å². The van der Waals surface area contributed by atoms with E-state index < -0.39 is 0 Å². The predicted molar refractivity (Wildman–Crippen MR) is 89.2 cm³/mol. The van der Waals surface area contributed by atoms with E-state index in [1.54, 1.807) is 7.11 Å². The highest BCUT2D eigenvalue weighted by atomic mass is 16.5. The van der Waals surface area contributed by atoms with E-state index in [1.807, 2.05) is 18.2 Å². The summed E-state index contributed by atoms with van der Waals surface area (Å²) in [7, 11) is 3.15.